The number of benzene rings is 1. The summed E-state index contributed by atoms with van der Waals surface area (Å²) < 4.78 is 37.7. The first-order chi connectivity index (χ1) is 29.6. The monoisotopic (exact) mass is 839 g/mol. The van der Waals surface area contributed by atoms with Crippen LogP contribution in [0.1, 0.15) is 80.7 Å². The predicted octanol–water partition coefficient (Wildman–Crippen LogP) is 3.15. The molecular formula is C42H51F2N13O4. The standard InChI is InChI=1S/C42H51F2N13O4/c1-24-37-32(3-2-4-33(37)57(50-24)34-9-10-36(58)49-42(34)60)54-19-28(20-54)53-15-13-52(14-16-53)25-5-7-26(8-6-25)56-22-31(38(51-56)39(43)44)47-41(59)30(18-45)40-46-12-11-35(48-40)55-21-29-17-27(55)23-61-29/h2-4,11-12,18,22,25-29,34,39H,5-10,13-17,19-21,23,45H2,1H3,(H,47,59)(H,49,58,60)/b30-18+/t25?,26?,27-,29-,34?/m1/s1. The number of aryl methyl sites for hydroxylation is 1. The minimum absolute atomic E-state index is 0.0184. The maximum atomic E-state index is 14.3. The van der Waals surface area contributed by atoms with Gasteiger partial charge >= 0.3 is 0 Å². The van der Waals surface area contributed by atoms with Gasteiger partial charge in [0.05, 0.1) is 47.3 Å². The maximum absolute atomic E-state index is 14.3. The third-order valence-electron chi connectivity index (χ3n) is 13.7. The number of morpholine rings is 1. The largest absolute Gasteiger partial charge is 0.404 e. The van der Waals surface area contributed by atoms with E-state index in [1.807, 2.05) is 19.1 Å². The highest BCUT2D eigenvalue weighted by molar-refractivity contribution is 6.24. The number of alkyl halides is 2. The summed E-state index contributed by atoms with van der Waals surface area (Å²) in [5, 5.41) is 15.2. The van der Waals surface area contributed by atoms with E-state index in [0.717, 1.165) is 99.9 Å². The summed E-state index contributed by atoms with van der Waals surface area (Å²) in [4.78, 5) is 56.5. The van der Waals surface area contributed by atoms with Crippen molar-refractivity contribution in [2.45, 2.75) is 94.6 Å². The average Bonchev–Trinajstić information content (AvgIpc) is 4.06. The van der Waals surface area contributed by atoms with Crippen molar-refractivity contribution in [2.24, 2.45) is 5.73 Å². The normalized spacial score (nSPS) is 26.7. The highest BCUT2D eigenvalue weighted by Crippen LogP contribution is 2.38. The van der Waals surface area contributed by atoms with E-state index in [2.05, 4.69) is 51.4 Å². The van der Waals surface area contributed by atoms with Gasteiger partial charge in [-0.05, 0) is 63.6 Å². The second kappa shape index (κ2) is 16.1. The first kappa shape index (κ1) is 39.6. The zero-order chi connectivity index (χ0) is 41.9. The number of hydrogen-bond acceptors (Lipinski definition) is 13. The van der Waals surface area contributed by atoms with Crippen LogP contribution in [0, 0.1) is 6.92 Å². The van der Waals surface area contributed by atoms with Crippen LogP contribution in [0.2, 0.25) is 0 Å². The summed E-state index contributed by atoms with van der Waals surface area (Å²) in [6.07, 6.45) is 6.59. The Morgan fingerprint density at radius 3 is 2.41 bits per heavy atom. The number of carbonyl (C=O) groups is 3. The van der Waals surface area contributed by atoms with Crippen molar-refractivity contribution in [2.75, 3.05) is 67.5 Å². The average molecular weight is 840 g/mol. The lowest BCUT2D eigenvalue weighted by Gasteiger charge is -2.50. The van der Waals surface area contributed by atoms with Gasteiger partial charge in [0.25, 0.3) is 18.2 Å². The molecule has 17 nitrogen and oxygen atoms in total. The van der Waals surface area contributed by atoms with Crippen molar-refractivity contribution >= 4 is 51.4 Å². The van der Waals surface area contributed by atoms with Crippen molar-refractivity contribution in [3.8, 4) is 0 Å². The van der Waals surface area contributed by atoms with Gasteiger partial charge in [0.1, 0.15) is 11.9 Å². The lowest BCUT2D eigenvalue weighted by Crippen LogP contribution is -2.64. The molecule has 61 heavy (non-hydrogen) atoms. The Morgan fingerprint density at radius 1 is 0.967 bits per heavy atom. The van der Waals surface area contributed by atoms with E-state index in [9.17, 15) is 23.2 Å². The summed E-state index contributed by atoms with van der Waals surface area (Å²) in [6, 6.07) is 8.45. The molecule has 1 aromatic carbocycles. The number of aromatic nitrogens is 6. The molecule has 3 aromatic heterocycles. The van der Waals surface area contributed by atoms with E-state index in [1.54, 1.807) is 21.6 Å². The van der Waals surface area contributed by atoms with E-state index in [1.165, 1.54) is 6.20 Å². The summed E-state index contributed by atoms with van der Waals surface area (Å²) in [6.45, 7) is 9.06. The third kappa shape index (κ3) is 7.39. The van der Waals surface area contributed by atoms with Gasteiger partial charge in [-0.3, -0.25) is 38.9 Å². The smallest absolute Gasteiger partial charge is 0.284 e. The van der Waals surface area contributed by atoms with E-state index >= 15 is 0 Å². The second-order valence-corrected chi connectivity index (χ2v) is 17.2. The number of piperidine rings is 1. The van der Waals surface area contributed by atoms with E-state index < -0.39 is 24.1 Å². The van der Waals surface area contributed by atoms with Crippen molar-refractivity contribution in [3.05, 3.63) is 60.1 Å². The van der Waals surface area contributed by atoms with Gasteiger partial charge in [-0.1, -0.05) is 6.07 Å². The molecule has 6 fully saturated rings. The number of nitrogens with one attached hydrogen (secondary N) is 2. The van der Waals surface area contributed by atoms with E-state index in [4.69, 9.17) is 15.6 Å². The van der Waals surface area contributed by atoms with E-state index in [-0.39, 0.29) is 47.1 Å². The van der Waals surface area contributed by atoms with Gasteiger partial charge in [-0.15, -0.1) is 0 Å². The number of amides is 3. The zero-order valence-corrected chi connectivity index (χ0v) is 34.1. The minimum Gasteiger partial charge on any atom is -0.404 e. The van der Waals surface area contributed by atoms with Crippen LogP contribution >= 0.6 is 0 Å². The number of anilines is 3. The molecule has 10 rings (SSSR count). The van der Waals surface area contributed by atoms with Gasteiger partial charge in [0.2, 0.25) is 5.91 Å². The van der Waals surface area contributed by atoms with Crippen LogP contribution in [0.4, 0.5) is 26.0 Å². The van der Waals surface area contributed by atoms with Gasteiger partial charge in [-0.2, -0.15) is 10.2 Å². The predicted molar refractivity (Wildman–Crippen MR) is 222 cm³/mol. The highest BCUT2D eigenvalue weighted by Gasteiger charge is 2.41. The molecule has 5 aliphatic heterocycles. The summed E-state index contributed by atoms with van der Waals surface area (Å²) in [5.74, 6) is -0.444. The lowest BCUT2D eigenvalue weighted by atomic mass is 9.89. The molecule has 6 aliphatic rings. The Bertz CT molecular complexity index is 2360. The number of nitrogens with two attached hydrogens (primary N) is 1. The van der Waals surface area contributed by atoms with Crippen LogP contribution in [-0.2, 0) is 19.1 Å². The Morgan fingerprint density at radius 2 is 1.72 bits per heavy atom. The molecule has 4 N–H and O–H groups in total. The fourth-order valence-electron chi connectivity index (χ4n) is 10.4. The number of halogens is 2. The number of carbonyl (C=O) groups excluding carboxylic acids is 3. The minimum atomic E-state index is -2.88. The van der Waals surface area contributed by atoms with Crippen LogP contribution < -0.4 is 26.2 Å². The third-order valence-corrected chi connectivity index (χ3v) is 13.7. The van der Waals surface area contributed by atoms with Gasteiger partial charge < -0.3 is 25.6 Å². The molecule has 322 valence electrons. The fraction of sp³-hybridized carbons (Fsp3) is 0.548. The molecule has 0 radical (unpaired) electrons. The highest BCUT2D eigenvalue weighted by atomic mass is 19.3. The second-order valence-electron chi connectivity index (χ2n) is 17.2. The molecule has 8 heterocycles. The number of ether oxygens (including phenoxy) is 1. The van der Waals surface area contributed by atoms with Crippen molar-refractivity contribution < 1.29 is 27.9 Å². The Balaban J connectivity index is 0.719. The molecule has 0 spiro atoms. The number of fused-ring (bicyclic) bond motifs is 3. The van der Waals surface area contributed by atoms with Crippen LogP contribution in [0.25, 0.3) is 16.5 Å². The molecule has 5 saturated heterocycles. The SMILES string of the molecule is Cc1nn(C2CCC(=O)NC2=O)c2cccc(N3CC(N4CCN(C5CCC(n6cc(NC(=O)/C(=C/N)c7nccc(N8C[C@H]9C[C@@H]8CO9)n7)c(C(F)F)n6)CC5)CC4)C3)c12. The number of nitrogens with zero attached hydrogens (tertiary/aromatic N) is 10. The Kier molecular flexibility index (Phi) is 10.4. The molecule has 1 unspecified atom stereocenters. The zero-order valence-electron chi connectivity index (χ0n) is 34.1. The molecule has 3 amide bonds. The summed E-state index contributed by atoms with van der Waals surface area (Å²) >= 11 is 0. The topological polar surface area (TPSA) is 185 Å². The van der Waals surface area contributed by atoms with Crippen LogP contribution in [0.3, 0.4) is 0 Å². The summed E-state index contributed by atoms with van der Waals surface area (Å²) in [7, 11) is 0. The van der Waals surface area contributed by atoms with Gasteiger partial charge in [0, 0.05) is 94.0 Å². The summed E-state index contributed by atoms with van der Waals surface area (Å²) in [5.41, 5.74) is 8.26. The van der Waals surface area contributed by atoms with Gasteiger partial charge in [0.15, 0.2) is 11.5 Å². The molecule has 1 aliphatic carbocycles. The number of hydrogen-bond donors (Lipinski definition) is 3. The Labute approximate surface area is 351 Å². The first-order valence-corrected chi connectivity index (χ1v) is 21.5. The van der Waals surface area contributed by atoms with Gasteiger partial charge in [-0.25, -0.2) is 18.7 Å². The molecule has 1 saturated carbocycles. The van der Waals surface area contributed by atoms with Crippen LogP contribution in [0.5, 0.6) is 0 Å². The van der Waals surface area contributed by atoms with Crippen LogP contribution in [-0.4, -0.2) is 134 Å². The molecule has 19 heteroatoms. The van der Waals surface area contributed by atoms with Crippen molar-refractivity contribution in [1.82, 2.24) is 44.6 Å². The maximum Gasteiger partial charge on any atom is 0.284 e. The van der Waals surface area contributed by atoms with Crippen LogP contribution in [0.15, 0.2) is 42.9 Å². The fourth-order valence-corrected chi connectivity index (χ4v) is 10.4. The lowest BCUT2D eigenvalue weighted by molar-refractivity contribution is -0.135. The first-order valence-electron chi connectivity index (χ1n) is 21.5. The van der Waals surface area contributed by atoms with Crippen molar-refractivity contribution in [3.63, 3.8) is 0 Å². The molecule has 2 bridgehead atoms. The molecular weight excluding hydrogens is 789 g/mol. The number of rotatable bonds is 10. The molecule has 4 aromatic rings. The quantitative estimate of drug-likeness (QED) is 0.157. The van der Waals surface area contributed by atoms with E-state index in [0.29, 0.717) is 43.9 Å². The Hall–Kier alpha value is -5.53. The number of imide groups is 1. The van der Waals surface area contributed by atoms with Crippen molar-refractivity contribution in [1.29, 1.82) is 0 Å². The number of piperazine rings is 1. The molecule has 3 atom stereocenters.